The Hall–Kier alpha value is -1.14. The fraction of sp³-hybridized carbons (Fsp3) is 0.857. The highest BCUT2D eigenvalue weighted by atomic mass is 16.5. The summed E-state index contributed by atoms with van der Waals surface area (Å²) in [6, 6.07) is -0.143. The van der Waals surface area contributed by atoms with Gasteiger partial charge in [0.1, 0.15) is 0 Å². The van der Waals surface area contributed by atoms with Crippen molar-refractivity contribution >= 4 is 11.9 Å². The number of rotatable bonds is 3. The average Bonchev–Trinajstić information content (AvgIpc) is 2.84. The van der Waals surface area contributed by atoms with E-state index in [0.29, 0.717) is 19.8 Å². The molecule has 0 radical (unpaired) electrons. The molecule has 1 heterocycles. The Labute approximate surface area is 120 Å². The largest absolute Gasteiger partial charge is 0.378 e. The van der Waals surface area contributed by atoms with Crippen LogP contribution in [0.15, 0.2) is 0 Å². The van der Waals surface area contributed by atoms with Crippen molar-refractivity contribution in [3.63, 3.8) is 0 Å². The van der Waals surface area contributed by atoms with Crippen molar-refractivity contribution in [2.75, 3.05) is 26.3 Å². The van der Waals surface area contributed by atoms with Crippen molar-refractivity contribution in [3.8, 4) is 0 Å². The summed E-state index contributed by atoms with van der Waals surface area (Å²) in [6.45, 7) is 6.26. The third-order valence-corrected chi connectivity index (χ3v) is 4.09. The monoisotopic (exact) mass is 283 g/mol. The predicted molar refractivity (Wildman–Crippen MR) is 75.4 cm³/mol. The fourth-order valence-electron chi connectivity index (χ4n) is 2.81. The summed E-state index contributed by atoms with van der Waals surface area (Å²) in [6.07, 6.45) is 4.33. The summed E-state index contributed by atoms with van der Waals surface area (Å²) in [5, 5.41) is 5.27. The fourth-order valence-corrected chi connectivity index (χ4v) is 2.81. The van der Waals surface area contributed by atoms with Crippen LogP contribution in [0.3, 0.4) is 0 Å². The van der Waals surface area contributed by atoms with Crippen LogP contribution in [0, 0.1) is 0 Å². The highest BCUT2D eigenvalue weighted by molar-refractivity contribution is 5.95. The Morgan fingerprint density at radius 2 is 2.00 bits per heavy atom. The SMILES string of the molecule is CC1(C)COCCN1CC(=O)NC(=O)NC1CCCC1. The highest BCUT2D eigenvalue weighted by Gasteiger charge is 2.32. The second-order valence-electron chi connectivity index (χ2n) is 6.29. The van der Waals surface area contributed by atoms with Crippen LogP contribution < -0.4 is 10.6 Å². The molecule has 0 aromatic heterocycles. The Kier molecular flexibility index (Phi) is 4.99. The Balaban J connectivity index is 1.75. The van der Waals surface area contributed by atoms with E-state index in [9.17, 15) is 9.59 Å². The van der Waals surface area contributed by atoms with Gasteiger partial charge in [0.15, 0.2) is 0 Å². The van der Waals surface area contributed by atoms with Gasteiger partial charge in [-0.1, -0.05) is 12.8 Å². The zero-order valence-corrected chi connectivity index (χ0v) is 12.4. The molecular formula is C14H25N3O3. The Morgan fingerprint density at radius 1 is 1.30 bits per heavy atom. The summed E-state index contributed by atoms with van der Waals surface area (Å²) < 4.78 is 5.41. The molecule has 0 unspecified atom stereocenters. The van der Waals surface area contributed by atoms with Crippen molar-refractivity contribution in [1.82, 2.24) is 15.5 Å². The van der Waals surface area contributed by atoms with Crippen LogP contribution in [0.25, 0.3) is 0 Å². The van der Waals surface area contributed by atoms with Gasteiger partial charge >= 0.3 is 6.03 Å². The molecule has 6 heteroatoms. The molecule has 0 spiro atoms. The van der Waals surface area contributed by atoms with Crippen LogP contribution in [0.1, 0.15) is 39.5 Å². The molecule has 3 amide bonds. The number of imide groups is 1. The molecule has 2 aliphatic rings. The van der Waals surface area contributed by atoms with Gasteiger partial charge in [-0.3, -0.25) is 15.0 Å². The summed E-state index contributed by atoms with van der Waals surface area (Å²) in [7, 11) is 0. The van der Waals surface area contributed by atoms with E-state index < -0.39 is 0 Å². The van der Waals surface area contributed by atoms with Crippen LogP contribution in [0.4, 0.5) is 4.79 Å². The normalized spacial score (nSPS) is 23.5. The number of morpholine rings is 1. The van der Waals surface area contributed by atoms with Crippen LogP contribution in [0.2, 0.25) is 0 Å². The third kappa shape index (κ3) is 4.18. The molecule has 0 bridgehead atoms. The van der Waals surface area contributed by atoms with E-state index in [4.69, 9.17) is 4.74 Å². The predicted octanol–water partition coefficient (Wildman–Crippen LogP) is 0.866. The van der Waals surface area contributed by atoms with Gasteiger partial charge in [-0.25, -0.2) is 4.79 Å². The molecule has 6 nitrogen and oxygen atoms in total. The van der Waals surface area contributed by atoms with Gasteiger partial charge in [0.25, 0.3) is 0 Å². The maximum atomic E-state index is 11.9. The first-order valence-electron chi connectivity index (χ1n) is 7.40. The molecule has 0 aromatic rings. The zero-order chi connectivity index (χ0) is 14.6. The van der Waals surface area contributed by atoms with E-state index >= 15 is 0 Å². The van der Waals surface area contributed by atoms with E-state index in [2.05, 4.69) is 15.5 Å². The number of amides is 3. The summed E-state index contributed by atoms with van der Waals surface area (Å²) in [5.41, 5.74) is -0.169. The lowest BCUT2D eigenvalue weighted by molar-refractivity contribution is -0.126. The maximum Gasteiger partial charge on any atom is 0.321 e. The molecule has 1 aliphatic carbocycles. The maximum absolute atomic E-state index is 11.9. The summed E-state index contributed by atoms with van der Waals surface area (Å²) in [4.78, 5) is 25.7. The second kappa shape index (κ2) is 6.54. The van der Waals surface area contributed by atoms with Crippen LogP contribution >= 0.6 is 0 Å². The lowest BCUT2D eigenvalue weighted by Crippen LogP contribution is -2.56. The summed E-state index contributed by atoms with van der Waals surface area (Å²) >= 11 is 0. The number of ether oxygens (including phenoxy) is 1. The molecular weight excluding hydrogens is 258 g/mol. The molecule has 114 valence electrons. The number of carbonyl (C=O) groups excluding carboxylic acids is 2. The number of hydrogen-bond acceptors (Lipinski definition) is 4. The van der Waals surface area contributed by atoms with Crippen LogP contribution in [-0.2, 0) is 9.53 Å². The van der Waals surface area contributed by atoms with Crippen LogP contribution in [-0.4, -0.2) is 54.7 Å². The van der Waals surface area contributed by atoms with Gasteiger partial charge in [0.2, 0.25) is 5.91 Å². The van der Waals surface area contributed by atoms with Crippen molar-refractivity contribution < 1.29 is 14.3 Å². The molecule has 2 fully saturated rings. The van der Waals surface area contributed by atoms with Crippen molar-refractivity contribution in [3.05, 3.63) is 0 Å². The first-order valence-corrected chi connectivity index (χ1v) is 7.40. The minimum Gasteiger partial charge on any atom is -0.378 e. The van der Waals surface area contributed by atoms with Gasteiger partial charge in [-0.05, 0) is 26.7 Å². The van der Waals surface area contributed by atoms with Crippen molar-refractivity contribution in [2.24, 2.45) is 0 Å². The topological polar surface area (TPSA) is 70.7 Å². The number of urea groups is 1. The van der Waals surface area contributed by atoms with Gasteiger partial charge in [-0.2, -0.15) is 0 Å². The van der Waals surface area contributed by atoms with Crippen LogP contribution in [0.5, 0.6) is 0 Å². The van der Waals surface area contributed by atoms with E-state index in [1.54, 1.807) is 0 Å². The minimum atomic E-state index is -0.368. The van der Waals surface area contributed by atoms with Gasteiger partial charge in [-0.15, -0.1) is 0 Å². The van der Waals surface area contributed by atoms with E-state index in [0.717, 1.165) is 25.7 Å². The first kappa shape index (κ1) is 15.3. The molecule has 1 aliphatic heterocycles. The van der Waals surface area contributed by atoms with E-state index in [1.165, 1.54) is 0 Å². The summed E-state index contributed by atoms with van der Waals surface area (Å²) in [5.74, 6) is -0.254. The number of nitrogens with one attached hydrogen (secondary N) is 2. The third-order valence-electron chi connectivity index (χ3n) is 4.09. The van der Waals surface area contributed by atoms with Gasteiger partial charge < -0.3 is 10.1 Å². The standard InChI is InChI=1S/C14H25N3O3/c1-14(2)10-20-8-7-17(14)9-12(18)16-13(19)15-11-5-3-4-6-11/h11H,3-10H2,1-2H3,(H2,15,16,18,19). The average molecular weight is 283 g/mol. The Morgan fingerprint density at radius 3 is 2.65 bits per heavy atom. The van der Waals surface area contributed by atoms with Gasteiger partial charge in [0, 0.05) is 18.1 Å². The molecule has 1 saturated carbocycles. The minimum absolute atomic E-state index is 0.169. The number of hydrogen-bond donors (Lipinski definition) is 2. The highest BCUT2D eigenvalue weighted by Crippen LogP contribution is 2.18. The molecule has 20 heavy (non-hydrogen) atoms. The first-order chi connectivity index (χ1) is 9.47. The van der Waals surface area contributed by atoms with E-state index in [-0.39, 0.29) is 30.1 Å². The number of carbonyl (C=O) groups is 2. The zero-order valence-electron chi connectivity index (χ0n) is 12.4. The molecule has 2 rings (SSSR count). The molecule has 2 N–H and O–H groups in total. The lowest BCUT2D eigenvalue weighted by atomic mass is 10.0. The molecule has 0 aromatic carbocycles. The van der Waals surface area contributed by atoms with Crippen molar-refractivity contribution in [2.45, 2.75) is 51.1 Å². The number of nitrogens with zero attached hydrogens (tertiary/aromatic N) is 1. The lowest BCUT2D eigenvalue weighted by Gasteiger charge is -2.41. The smallest absolute Gasteiger partial charge is 0.321 e. The Bertz CT molecular complexity index is 365. The van der Waals surface area contributed by atoms with Crippen molar-refractivity contribution in [1.29, 1.82) is 0 Å². The van der Waals surface area contributed by atoms with Gasteiger partial charge in [0.05, 0.1) is 19.8 Å². The molecule has 0 atom stereocenters. The molecule has 1 saturated heterocycles. The second-order valence-corrected chi connectivity index (χ2v) is 6.29. The van der Waals surface area contributed by atoms with E-state index in [1.807, 2.05) is 13.8 Å². The quantitative estimate of drug-likeness (QED) is 0.806.